The van der Waals surface area contributed by atoms with Crippen LogP contribution in [-0.2, 0) is 10.1 Å². The molecule has 5 nitrogen and oxygen atoms in total. The highest BCUT2D eigenvalue weighted by atomic mass is 32.2. The molecule has 0 aliphatic carbocycles. The van der Waals surface area contributed by atoms with Crippen molar-refractivity contribution >= 4 is 21.5 Å². The fourth-order valence-electron chi connectivity index (χ4n) is 1.92. The SMILES string of the molecule is Cc1cc(C)c(S(=O)(=O)[O-])c(C)c1.Cc1scc[n+]1N. The average molecular weight is 314 g/mol. The molecule has 0 amide bonds. The zero-order valence-corrected chi connectivity index (χ0v) is 13.5. The second kappa shape index (κ2) is 6.34. The highest BCUT2D eigenvalue weighted by molar-refractivity contribution is 7.85. The summed E-state index contributed by atoms with van der Waals surface area (Å²) in [5, 5.41) is 3.08. The molecule has 7 heteroatoms. The molecule has 1 aromatic heterocycles. The summed E-state index contributed by atoms with van der Waals surface area (Å²) >= 11 is 1.64. The number of thiazole rings is 1. The minimum absolute atomic E-state index is 0.0851. The highest BCUT2D eigenvalue weighted by Gasteiger charge is 2.09. The van der Waals surface area contributed by atoms with Crippen molar-refractivity contribution in [1.82, 2.24) is 0 Å². The first-order valence-corrected chi connectivity index (χ1v) is 8.16. The average Bonchev–Trinajstić information content (AvgIpc) is 2.60. The monoisotopic (exact) mass is 314 g/mol. The van der Waals surface area contributed by atoms with Crippen LogP contribution in [0.3, 0.4) is 0 Å². The van der Waals surface area contributed by atoms with Crippen LogP contribution in [0.1, 0.15) is 21.7 Å². The van der Waals surface area contributed by atoms with Crippen LogP contribution in [0.4, 0.5) is 0 Å². The molecule has 0 unspecified atom stereocenters. The molecule has 2 aromatic rings. The lowest BCUT2D eigenvalue weighted by Gasteiger charge is -2.14. The molecular formula is C13H18N2O3S2. The molecule has 110 valence electrons. The molecule has 0 radical (unpaired) electrons. The van der Waals surface area contributed by atoms with Crippen molar-refractivity contribution in [3.63, 3.8) is 0 Å². The van der Waals surface area contributed by atoms with Crippen LogP contribution in [0.15, 0.2) is 28.6 Å². The molecule has 0 saturated carbocycles. The number of nitrogen functional groups attached to an aromatic ring is 1. The molecule has 0 bridgehead atoms. The minimum Gasteiger partial charge on any atom is -0.744 e. The Morgan fingerprint density at radius 2 is 1.65 bits per heavy atom. The summed E-state index contributed by atoms with van der Waals surface area (Å²) in [6.07, 6.45) is 1.83. The Hall–Kier alpha value is -1.44. The molecule has 0 spiro atoms. The summed E-state index contributed by atoms with van der Waals surface area (Å²) in [6, 6.07) is 3.38. The van der Waals surface area contributed by atoms with Crippen LogP contribution in [0, 0.1) is 27.7 Å². The van der Waals surface area contributed by atoms with Crippen LogP contribution >= 0.6 is 11.3 Å². The Morgan fingerprint density at radius 1 is 1.15 bits per heavy atom. The number of hydrogen-bond acceptors (Lipinski definition) is 5. The Balaban J connectivity index is 0.000000240. The maximum Gasteiger partial charge on any atom is 0.263 e. The largest absolute Gasteiger partial charge is 0.744 e. The molecule has 20 heavy (non-hydrogen) atoms. The van der Waals surface area contributed by atoms with E-state index in [0.29, 0.717) is 11.1 Å². The molecule has 1 aromatic carbocycles. The molecule has 0 aliphatic rings. The number of hydrogen-bond donors (Lipinski definition) is 1. The molecule has 0 fully saturated rings. The van der Waals surface area contributed by atoms with E-state index in [0.717, 1.165) is 10.6 Å². The van der Waals surface area contributed by atoms with E-state index in [2.05, 4.69) is 0 Å². The van der Waals surface area contributed by atoms with E-state index in [1.54, 1.807) is 42.0 Å². The van der Waals surface area contributed by atoms with Gasteiger partial charge in [-0.2, -0.15) is 0 Å². The van der Waals surface area contributed by atoms with Gasteiger partial charge in [0.05, 0.1) is 10.3 Å². The van der Waals surface area contributed by atoms with E-state index in [9.17, 15) is 13.0 Å². The second-order valence-electron chi connectivity index (χ2n) is 4.51. The molecule has 2 N–H and O–H groups in total. The van der Waals surface area contributed by atoms with Gasteiger partial charge in [0.1, 0.15) is 10.1 Å². The third kappa shape index (κ3) is 4.29. The Labute approximate surface area is 123 Å². The first kappa shape index (κ1) is 16.6. The van der Waals surface area contributed by atoms with Crippen molar-refractivity contribution in [1.29, 1.82) is 0 Å². The summed E-state index contributed by atoms with van der Waals surface area (Å²) in [7, 11) is -4.33. The van der Waals surface area contributed by atoms with E-state index in [4.69, 9.17) is 5.84 Å². The van der Waals surface area contributed by atoms with Crippen molar-refractivity contribution in [3.8, 4) is 0 Å². The molecule has 0 aliphatic heterocycles. The third-order valence-corrected chi connectivity index (χ3v) is 4.63. The lowest BCUT2D eigenvalue weighted by atomic mass is 10.1. The predicted molar refractivity (Wildman–Crippen MR) is 78.0 cm³/mol. The Kier molecular flexibility index (Phi) is 5.27. The van der Waals surface area contributed by atoms with E-state index >= 15 is 0 Å². The van der Waals surface area contributed by atoms with Crippen molar-refractivity contribution in [2.24, 2.45) is 0 Å². The predicted octanol–water partition coefficient (Wildman–Crippen LogP) is 1.57. The van der Waals surface area contributed by atoms with Crippen LogP contribution in [0.25, 0.3) is 0 Å². The van der Waals surface area contributed by atoms with Crippen molar-refractivity contribution < 1.29 is 17.6 Å². The maximum absolute atomic E-state index is 10.8. The number of nitrogens with zero attached hydrogens (tertiary/aromatic N) is 1. The van der Waals surface area contributed by atoms with Gasteiger partial charge in [-0.1, -0.05) is 33.7 Å². The van der Waals surface area contributed by atoms with Crippen molar-refractivity contribution in [2.75, 3.05) is 5.84 Å². The summed E-state index contributed by atoms with van der Waals surface area (Å²) in [5.41, 5.74) is 2.00. The van der Waals surface area contributed by atoms with Gasteiger partial charge in [0.25, 0.3) is 5.01 Å². The topological polar surface area (TPSA) is 87.1 Å². The molecule has 0 atom stereocenters. The van der Waals surface area contributed by atoms with Crippen molar-refractivity contribution in [2.45, 2.75) is 32.6 Å². The number of benzene rings is 1. The summed E-state index contributed by atoms with van der Waals surface area (Å²) in [4.78, 5) is -0.0851. The zero-order chi connectivity index (χ0) is 15.5. The molecule has 1 heterocycles. The van der Waals surface area contributed by atoms with Crippen LogP contribution in [0.2, 0.25) is 0 Å². The Bertz CT molecular complexity index is 667. The van der Waals surface area contributed by atoms with Gasteiger partial charge in [-0.05, 0) is 31.9 Å². The normalized spacial score (nSPS) is 10.8. The third-order valence-electron chi connectivity index (χ3n) is 2.68. The van der Waals surface area contributed by atoms with Gasteiger partial charge in [0, 0.05) is 6.92 Å². The lowest BCUT2D eigenvalue weighted by Crippen LogP contribution is -2.44. The van der Waals surface area contributed by atoms with Gasteiger partial charge in [0.2, 0.25) is 6.20 Å². The highest BCUT2D eigenvalue weighted by Crippen LogP contribution is 2.20. The number of aromatic nitrogens is 1. The fraction of sp³-hybridized carbons (Fsp3) is 0.308. The van der Waals surface area contributed by atoms with Crippen LogP contribution < -0.4 is 10.5 Å². The number of nitrogens with two attached hydrogens (primary N) is 1. The Morgan fingerprint density at radius 3 is 1.90 bits per heavy atom. The molecule has 2 rings (SSSR count). The second-order valence-corrected chi connectivity index (χ2v) is 6.93. The standard InChI is InChI=1S/C9H12O3S.C4H7N2S/c1-6-4-7(2)9(8(3)5-6)13(10,11)12;1-4-6(5)2-3-7-4/h4-5H,1-3H3,(H,10,11,12);2-3H,5H2,1H3/q;+1/p-1. The lowest BCUT2D eigenvalue weighted by molar-refractivity contribution is -0.639. The van der Waals surface area contributed by atoms with Gasteiger partial charge in [0.15, 0.2) is 0 Å². The molecular weight excluding hydrogens is 296 g/mol. The fourth-order valence-corrected chi connectivity index (χ4v) is 3.40. The van der Waals surface area contributed by atoms with Gasteiger partial charge in [-0.25, -0.2) is 14.3 Å². The summed E-state index contributed by atoms with van der Waals surface area (Å²) in [5.74, 6) is 5.37. The summed E-state index contributed by atoms with van der Waals surface area (Å²) in [6.45, 7) is 7.10. The number of aryl methyl sites for hydroxylation is 4. The first-order chi connectivity index (χ1) is 9.12. The molecule has 0 saturated heterocycles. The van der Waals surface area contributed by atoms with E-state index in [1.165, 1.54) is 0 Å². The quantitative estimate of drug-likeness (QED) is 0.492. The van der Waals surface area contributed by atoms with Gasteiger partial charge < -0.3 is 4.55 Å². The van der Waals surface area contributed by atoms with Crippen LogP contribution in [0.5, 0.6) is 0 Å². The van der Waals surface area contributed by atoms with E-state index in [1.807, 2.05) is 25.4 Å². The van der Waals surface area contributed by atoms with Gasteiger partial charge >= 0.3 is 0 Å². The maximum atomic E-state index is 10.8. The zero-order valence-electron chi connectivity index (χ0n) is 11.9. The smallest absolute Gasteiger partial charge is 0.263 e. The van der Waals surface area contributed by atoms with Crippen molar-refractivity contribution in [3.05, 3.63) is 45.4 Å². The van der Waals surface area contributed by atoms with Gasteiger partial charge in [-0.3, -0.25) is 0 Å². The first-order valence-electron chi connectivity index (χ1n) is 5.87. The number of rotatable bonds is 1. The van der Waals surface area contributed by atoms with E-state index in [-0.39, 0.29) is 4.90 Å². The van der Waals surface area contributed by atoms with Crippen LogP contribution in [-0.4, -0.2) is 13.0 Å². The minimum atomic E-state index is -4.33. The van der Waals surface area contributed by atoms with E-state index < -0.39 is 10.1 Å². The summed E-state index contributed by atoms with van der Waals surface area (Å²) < 4.78 is 34.1. The van der Waals surface area contributed by atoms with Gasteiger partial charge in [-0.15, -0.1) is 0 Å².